The van der Waals surface area contributed by atoms with Gasteiger partial charge in [-0.15, -0.1) is 22.7 Å². The Bertz CT molecular complexity index is 4500. The van der Waals surface area contributed by atoms with Gasteiger partial charge in [-0.25, -0.2) is 9.98 Å². The molecule has 0 saturated heterocycles. The molecule has 1 atom stereocenters. The summed E-state index contributed by atoms with van der Waals surface area (Å²) < 4.78 is 7.57. The first kappa shape index (κ1) is 37.1. The minimum Gasteiger partial charge on any atom is -0.344 e. The molecule has 1 aliphatic rings. The van der Waals surface area contributed by atoms with Gasteiger partial charge in [0.15, 0.2) is 5.84 Å². The maximum atomic E-state index is 5.61. The lowest BCUT2D eigenvalue weighted by Gasteiger charge is -2.25. The van der Waals surface area contributed by atoms with Crippen LogP contribution in [-0.4, -0.2) is 16.2 Å². The van der Waals surface area contributed by atoms with Gasteiger partial charge in [0.05, 0.1) is 21.4 Å². The third-order valence-electron chi connectivity index (χ3n) is 13.9. The number of hydrogen-bond donors (Lipinski definition) is 1. The maximum absolute atomic E-state index is 5.61. The van der Waals surface area contributed by atoms with Crippen LogP contribution in [-0.2, 0) is 0 Å². The van der Waals surface area contributed by atoms with Gasteiger partial charge in [-0.05, 0) is 91.8 Å². The minimum atomic E-state index is -0.387. The smallest absolute Gasteiger partial charge is 0.159 e. The summed E-state index contributed by atoms with van der Waals surface area (Å²) in [4.78, 5) is 11.2. The molecule has 1 N–H and O–H groups in total. The van der Waals surface area contributed by atoms with Crippen LogP contribution in [0.4, 0.5) is 0 Å². The third-order valence-corrected chi connectivity index (χ3v) is 16.3. The highest BCUT2D eigenvalue weighted by atomic mass is 32.1. The van der Waals surface area contributed by atoms with Crippen molar-refractivity contribution in [3.8, 4) is 5.69 Å². The molecule has 0 fully saturated rings. The summed E-state index contributed by atoms with van der Waals surface area (Å²) in [5, 5.41) is 21.0. The SMILES string of the molecule is c1ccc2cc3c(cc2c1)sc1c(-n2c4cc5ccccc5cc4c4ccc5ccccc5c42)cc(C2=NC(c4ccc5c(c4)sc4ccccc45)NC(c4cccc5ccccc45)=N2)cc13. The van der Waals surface area contributed by atoms with E-state index in [2.05, 4.69) is 216 Å². The Kier molecular flexibility index (Phi) is 7.85. The van der Waals surface area contributed by atoms with Crippen LogP contribution in [0.25, 0.3) is 111 Å². The average molecular weight is 889 g/mol. The first-order valence-corrected chi connectivity index (χ1v) is 24.4. The van der Waals surface area contributed by atoms with Crippen molar-refractivity contribution in [3.05, 3.63) is 223 Å². The molecule has 1 aliphatic heterocycles. The van der Waals surface area contributed by atoms with Crippen LogP contribution in [0.5, 0.6) is 0 Å². The van der Waals surface area contributed by atoms with E-state index in [-0.39, 0.29) is 6.17 Å². The summed E-state index contributed by atoms with van der Waals surface area (Å²) in [6, 6.07) is 75.7. The highest BCUT2D eigenvalue weighted by Crippen LogP contribution is 2.45. The normalized spacial score (nSPS) is 14.4. The van der Waals surface area contributed by atoms with E-state index < -0.39 is 0 Å². The second-order valence-electron chi connectivity index (χ2n) is 17.7. The molecular formula is C61H36N4S2. The van der Waals surface area contributed by atoms with Crippen molar-refractivity contribution in [2.75, 3.05) is 0 Å². The lowest BCUT2D eigenvalue weighted by molar-refractivity contribution is 0.675. The predicted octanol–water partition coefficient (Wildman–Crippen LogP) is 16.6. The summed E-state index contributed by atoms with van der Waals surface area (Å²) in [7, 11) is 0. The molecule has 11 aromatic carbocycles. The van der Waals surface area contributed by atoms with Crippen LogP contribution in [0.1, 0.15) is 22.9 Å². The molecule has 0 spiro atoms. The van der Waals surface area contributed by atoms with Crippen molar-refractivity contribution >= 4 is 140 Å². The minimum absolute atomic E-state index is 0.387. The fourth-order valence-electron chi connectivity index (χ4n) is 10.8. The highest BCUT2D eigenvalue weighted by Gasteiger charge is 2.26. The van der Waals surface area contributed by atoms with Gasteiger partial charge in [0.1, 0.15) is 12.0 Å². The molecule has 0 bridgehead atoms. The topological polar surface area (TPSA) is 41.7 Å². The molecule has 6 heteroatoms. The second kappa shape index (κ2) is 14.2. The first-order valence-electron chi connectivity index (χ1n) is 22.7. The zero-order chi connectivity index (χ0) is 43.7. The van der Waals surface area contributed by atoms with Gasteiger partial charge in [0.2, 0.25) is 0 Å². The zero-order valence-electron chi connectivity index (χ0n) is 35.9. The fraction of sp³-hybridized carbons (Fsp3) is 0.0164. The number of benzene rings is 11. The molecule has 4 nitrogen and oxygen atoms in total. The van der Waals surface area contributed by atoms with Crippen molar-refractivity contribution in [2.45, 2.75) is 6.17 Å². The number of nitrogens with one attached hydrogen (secondary N) is 1. The fourth-order valence-corrected chi connectivity index (χ4v) is 13.2. The van der Waals surface area contributed by atoms with Gasteiger partial charge in [0.25, 0.3) is 0 Å². The zero-order valence-corrected chi connectivity index (χ0v) is 37.5. The van der Waals surface area contributed by atoms with E-state index in [1.54, 1.807) is 0 Å². The Hall–Kier alpha value is -8.16. The van der Waals surface area contributed by atoms with E-state index in [4.69, 9.17) is 9.98 Å². The molecule has 14 aromatic rings. The molecule has 3 aromatic heterocycles. The standard InChI is InChI=1S/C61H36N4S2/c1-3-16-39-31-52-49(28-37(39)14-1)47-27-24-36-13-6-8-20-44(36)57(47)65(52)53-32-42(30-51-50-29-38-15-2-4-17-40(38)33-56(50)67-58(51)53)60-62-59(41-25-26-46-45-21-9-10-23-54(45)66-55(46)34-41)63-61(64-60)48-22-11-18-35-12-5-7-19-43(35)48/h1-34,59H,(H,62,63,64). The number of fused-ring (bicyclic) bond motifs is 14. The van der Waals surface area contributed by atoms with Crippen LogP contribution in [0, 0.1) is 0 Å². The molecule has 4 heterocycles. The predicted molar refractivity (Wildman–Crippen MR) is 288 cm³/mol. The van der Waals surface area contributed by atoms with E-state index in [1.165, 1.54) is 99.9 Å². The Labute approximate surface area is 392 Å². The van der Waals surface area contributed by atoms with E-state index in [0.717, 1.165) is 33.6 Å². The monoisotopic (exact) mass is 888 g/mol. The third kappa shape index (κ3) is 5.64. The number of thiophene rings is 2. The number of aromatic nitrogens is 1. The molecule has 0 aliphatic carbocycles. The Morgan fingerprint density at radius 1 is 0.418 bits per heavy atom. The van der Waals surface area contributed by atoms with Crippen LogP contribution in [0.3, 0.4) is 0 Å². The highest BCUT2D eigenvalue weighted by molar-refractivity contribution is 7.26. The molecule has 0 saturated carbocycles. The lowest BCUT2D eigenvalue weighted by atomic mass is 10.0. The molecule has 0 amide bonds. The Morgan fingerprint density at radius 3 is 1.87 bits per heavy atom. The quantitative estimate of drug-likeness (QED) is 0.188. The van der Waals surface area contributed by atoms with Crippen LogP contribution < -0.4 is 5.32 Å². The number of aliphatic imine (C=N–C) groups is 2. The van der Waals surface area contributed by atoms with Gasteiger partial charge < -0.3 is 9.88 Å². The maximum Gasteiger partial charge on any atom is 0.159 e. The van der Waals surface area contributed by atoms with Gasteiger partial charge in [-0.2, -0.15) is 0 Å². The van der Waals surface area contributed by atoms with Crippen molar-refractivity contribution in [1.82, 2.24) is 9.88 Å². The molecule has 312 valence electrons. The number of nitrogens with zero attached hydrogens (tertiary/aromatic N) is 3. The van der Waals surface area contributed by atoms with Gasteiger partial charge in [-0.3, -0.25) is 0 Å². The van der Waals surface area contributed by atoms with E-state index in [9.17, 15) is 0 Å². The van der Waals surface area contributed by atoms with Crippen molar-refractivity contribution in [1.29, 1.82) is 0 Å². The van der Waals surface area contributed by atoms with Crippen molar-refractivity contribution in [3.63, 3.8) is 0 Å². The van der Waals surface area contributed by atoms with Crippen LogP contribution in [0.2, 0.25) is 0 Å². The summed E-state index contributed by atoms with van der Waals surface area (Å²) in [6.07, 6.45) is -0.387. The molecule has 1 unspecified atom stereocenters. The van der Waals surface area contributed by atoms with Gasteiger partial charge in [-0.1, -0.05) is 158 Å². The van der Waals surface area contributed by atoms with E-state index in [0.29, 0.717) is 5.84 Å². The van der Waals surface area contributed by atoms with Crippen LogP contribution >= 0.6 is 22.7 Å². The Morgan fingerprint density at radius 2 is 1.04 bits per heavy atom. The summed E-state index contributed by atoms with van der Waals surface area (Å²) >= 11 is 3.71. The molecule has 67 heavy (non-hydrogen) atoms. The largest absolute Gasteiger partial charge is 0.344 e. The molecule has 0 radical (unpaired) electrons. The first-order chi connectivity index (χ1) is 33.2. The number of hydrogen-bond acceptors (Lipinski definition) is 5. The van der Waals surface area contributed by atoms with Crippen molar-refractivity contribution < 1.29 is 0 Å². The average Bonchev–Trinajstić information content (AvgIpc) is 4.05. The van der Waals surface area contributed by atoms with Gasteiger partial charge in [0, 0.05) is 62.9 Å². The van der Waals surface area contributed by atoms with Crippen LogP contribution in [0.15, 0.2) is 216 Å². The number of amidine groups is 2. The summed E-state index contributed by atoms with van der Waals surface area (Å²) in [5.74, 6) is 1.50. The summed E-state index contributed by atoms with van der Waals surface area (Å²) in [5.41, 5.74) is 6.61. The summed E-state index contributed by atoms with van der Waals surface area (Å²) in [6.45, 7) is 0. The van der Waals surface area contributed by atoms with Crippen molar-refractivity contribution in [2.24, 2.45) is 9.98 Å². The van der Waals surface area contributed by atoms with E-state index in [1.807, 2.05) is 22.7 Å². The van der Waals surface area contributed by atoms with Gasteiger partial charge >= 0.3 is 0 Å². The number of rotatable bonds is 4. The molecule has 15 rings (SSSR count). The second-order valence-corrected chi connectivity index (χ2v) is 19.9. The molecular weight excluding hydrogens is 853 g/mol. The lowest BCUT2D eigenvalue weighted by Crippen LogP contribution is -2.33. The Balaban J connectivity index is 1.05. The van der Waals surface area contributed by atoms with E-state index >= 15 is 0 Å².